The van der Waals surface area contributed by atoms with E-state index in [9.17, 15) is 19.2 Å². The molecule has 5 heterocycles. The number of benzene rings is 2. The lowest BCUT2D eigenvalue weighted by Crippen LogP contribution is -2.43. The van der Waals surface area contributed by atoms with E-state index in [-0.39, 0.29) is 55.4 Å². The van der Waals surface area contributed by atoms with Crippen LogP contribution >= 0.6 is 0 Å². The van der Waals surface area contributed by atoms with Crippen molar-refractivity contribution in [3.8, 4) is 11.5 Å². The number of nitrogens with two attached hydrogens (primary N) is 3. The minimum atomic E-state index is -0.733. The first-order chi connectivity index (χ1) is 33.5. The van der Waals surface area contributed by atoms with Gasteiger partial charge in [-0.05, 0) is 83.0 Å². The summed E-state index contributed by atoms with van der Waals surface area (Å²) in [6, 6.07) is 9.59. The number of aromatic nitrogens is 10. The second-order valence-corrected chi connectivity index (χ2v) is 16.4. The third-order valence-corrected chi connectivity index (χ3v) is 11.1. The second kappa shape index (κ2) is 22.6. The molecule has 5 aromatic heterocycles. The van der Waals surface area contributed by atoms with Gasteiger partial charge in [0, 0.05) is 65.0 Å². The van der Waals surface area contributed by atoms with Gasteiger partial charge >= 0.3 is 0 Å². The zero-order valence-electron chi connectivity index (χ0n) is 40.6. The SMILES string of the molecule is CCn1nc(C)cc1C(=O)Nc1nc2cc(C(N)=O)cc(OC)c2n1C/C=C/Cn1c(NC(=O)c2cc(C)nn2CC)nc2cc(C)cc(OCCCN(C)C(=O)C(N)Cc3cn(C)cn3)c21.NC=O. The monoisotopic (exact) mass is 960 g/mol. The Morgan fingerprint density at radius 2 is 1.37 bits per heavy atom. The Kier molecular flexibility index (Phi) is 16.5. The van der Waals surface area contributed by atoms with Gasteiger partial charge < -0.3 is 45.3 Å². The summed E-state index contributed by atoms with van der Waals surface area (Å²) in [4.78, 5) is 77.1. The summed E-state index contributed by atoms with van der Waals surface area (Å²) in [7, 11) is 5.05. The highest BCUT2D eigenvalue weighted by Gasteiger charge is 2.24. The van der Waals surface area contributed by atoms with E-state index in [2.05, 4.69) is 31.5 Å². The number of hydrogen-bond acceptors (Lipinski definition) is 13. The zero-order chi connectivity index (χ0) is 50.8. The van der Waals surface area contributed by atoms with E-state index < -0.39 is 17.9 Å². The van der Waals surface area contributed by atoms with E-state index in [1.165, 1.54) is 13.2 Å². The fourth-order valence-electron chi connectivity index (χ4n) is 7.94. The number of carbonyl (C=O) groups is 5. The summed E-state index contributed by atoms with van der Waals surface area (Å²) in [5.74, 6) is -0.328. The molecule has 370 valence electrons. The number of ether oxygens (including phenoxy) is 2. The number of nitrogens with one attached hydrogen (secondary N) is 2. The first-order valence-corrected chi connectivity index (χ1v) is 22.5. The lowest BCUT2D eigenvalue weighted by Gasteiger charge is -2.21. The number of aryl methyl sites for hydroxylation is 6. The maximum atomic E-state index is 13.9. The van der Waals surface area contributed by atoms with Gasteiger partial charge in [0.2, 0.25) is 30.1 Å². The molecule has 0 saturated carbocycles. The van der Waals surface area contributed by atoms with Crippen LogP contribution in [0.2, 0.25) is 0 Å². The number of amides is 5. The maximum Gasteiger partial charge on any atom is 0.276 e. The van der Waals surface area contributed by atoms with Crippen LogP contribution in [0.3, 0.4) is 0 Å². The van der Waals surface area contributed by atoms with Crippen LogP contribution in [0.4, 0.5) is 11.9 Å². The summed E-state index contributed by atoms with van der Waals surface area (Å²) in [5.41, 5.74) is 22.2. The van der Waals surface area contributed by atoms with Crippen molar-refractivity contribution in [1.29, 1.82) is 0 Å². The van der Waals surface area contributed by atoms with E-state index in [4.69, 9.17) is 35.7 Å². The number of imidazole rings is 3. The molecule has 2 aromatic carbocycles. The number of anilines is 2. The number of likely N-dealkylation sites (N-methyl/N-ethyl adjacent to an activating group) is 1. The van der Waals surface area contributed by atoms with Gasteiger partial charge in [-0.2, -0.15) is 10.2 Å². The molecule has 0 aliphatic carbocycles. The van der Waals surface area contributed by atoms with Gasteiger partial charge in [-0.25, -0.2) is 15.0 Å². The Bertz CT molecular complexity index is 3060. The number of methoxy groups -OCH3 is 1. The summed E-state index contributed by atoms with van der Waals surface area (Å²) < 4.78 is 20.8. The standard InChI is InChI=1S/C46H57N15O6.CH3NO/c1-9-60-35(20-28(4)54-60)42(63)52-45-50-33-18-27(3)19-38(67-17-13-14-57(7)44(65)32(47)24-31-25-56(6)26-49-31)40(33)59(45)16-12-11-15-58-39-34(22-30(41(48)62)23-37(39)66-8)51-46(58)53-43(64)36-21-29(5)55-61(36)10-2;2-1-3/h11-12,18-23,25-26,32H,9-10,13-17,24,47H2,1-8H3,(H2,48,62)(H,50,52,63)(H,51,53,64);1H,(H2,2,3)/b12-11+;. The van der Waals surface area contributed by atoms with Crippen LogP contribution in [0.5, 0.6) is 11.5 Å². The predicted octanol–water partition coefficient (Wildman–Crippen LogP) is 3.24. The van der Waals surface area contributed by atoms with Gasteiger partial charge in [0.25, 0.3) is 11.8 Å². The lowest BCUT2D eigenvalue weighted by atomic mass is 10.1. The van der Waals surface area contributed by atoms with E-state index in [0.717, 1.165) is 11.3 Å². The molecule has 70 heavy (non-hydrogen) atoms. The Labute approximate surface area is 403 Å². The molecule has 8 N–H and O–H groups in total. The van der Waals surface area contributed by atoms with Crippen LogP contribution < -0.4 is 37.3 Å². The zero-order valence-corrected chi connectivity index (χ0v) is 40.6. The average Bonchev–Trinajstić information content (AvgIpc) is 4.16. The molecular weight excluding hydrogens is 901 g/mol. The average molecular weight is 961 g/mol. The van der Waals surface area contributed by atoms with Crippen LogP contribution in [-0.4, -0.2) is 117 Å². The normalized spacial score (nSPS) is 11.7. The fraction of sp³-hybridized carbons (Fsp3) is 0.362. The van der Waals surface area contributed by atoms with Crippen molar-refractivity contribution in [2.45, 2.75) is 79.7 Å². The van der Waals surface area contributed by atoms with Crippen molar-refractivity contribution in [3.05, 3.63) is 101 Å². The minimum Gasteiger partial charge on any atom is -0.494 e. The van der Waals surface area contributed by atoms with Gasteiger partial charge in [0.1, 0.15) is 33.9 Å². The number of allylic oxidation sites excluding steroid dienone is 2. The summed E-state index contributed by atoms with van der Waals surface area (Å²) >= 11 is 0. The molecule has 23 nitrogen and oxygen atoms in total. The molecule has 23 heteroatoms. The van der Waals surface area contributed by atoms with Gasteiger partial charge in [0.15, 0.2) is 0 Å². The van der Waals surface area contributed by atoms with E-state index in [1.807, 2.05) is 81.3 Å². The van der Waals surface area contributed by atoms with Crippen LogP contribution in [0.15, 0.2) is 61.1 Å². The Morgan fingerprint density at radius 1 is 0.829 bits per heavy atom. The molecule has 7 rings (SSSR count). The molecule has 0 radical (unpaired) electrons. The number of rotatable bonds is 20. The van der Waals surface area contributed by atoms with Crippen molar-refractivity contribution in [3.63, 3.8) is 0 Å². The van der Waals surface area contributed by atoms with E-state index >= 15 is 0 Å². The fourth-order valence-corrected chi connectivity index (χ4v) is 7.94. The molecule has 1 atom stereocenters. The first kappa shape index (κ1) is 51.1. The first-order valence-electron chi connectivity index (χ1n) is 22.5. The number of carbonyl (C=O) groups excluding carboxylic acids is 5. The summed E-state index contributed by atoms with van der Waals surface area (Å²) in [6.45, 7) is 11.4. The highest BCUT2D eigenvalue weighted by molar-refractivity contribution is 6.05. The highest BCUT2D eigenvalue weighted by atomic mass is 16.5. The van der Waals surface area contributed by atoms with Crippen LogP contribution in [0.25, 0.3) is 22.1 Å². The Balaban J connectivity index is 0.00000261. The maximum absolute atomic E-state index is 13.9. The molecule has 0 spiro atoms. The van der Waals surface area contributed by atoms with Crippen molar-refractivity contribution < 1.29 is 33.4 Å². The molecule has 1 unspecified atom stereocenters. The third kappa shape index (κ3) is 11.7. The molecule has 0 aliphatic heterocycles. The minimum absolute atomic E-state index is 0.188. The third-order valence-electron chi connectivity index (χ3n) is 11.1. The van der Waals surface area contributed by atoms with Gasteiger partial charge in [0.05, 0.1) is 54.2 Å². The molecule has 0 aliphatic rings. The Hall–Kier alpha value is -8.34. The van der Waals surface area contributed by atoms with Crippen molar-refractivity contribution in [1.82, 2.24) is 53.1 Å². The number of primary amides is 2. The van der Waals surface area contributed by atoms with Crippen LogP contribution in [0.1, 0.15) is 74.2 Å². The van der Waals surface area contributed by atoms with Crippen molar-refractivity contribution >= 4 is 64.0 Å². The van der Waals surface area contributed by atoms with Crippen molar-refractivity contribution in [2.75, 3.05) is 37.9 Å². The molecule has 5 amide bonds. The number of hydrogen-bond donors (Lipinski definition) is 5. The molecular formula is C47H60N16O7. The quantitative estimate of drug-likeness (QED) is 0.0417. The van der Waals surface area contributed by atoms with E-state index in [1.54, 1.807) is 50.4 Å². The number of nitrogens with zero attached hydrogens (tertiary/aromatic N) is 11. The van der Waals surface area contributed by atoms with Gasteiger partial charge in [-0.3, -0.25) is 44.0 Å². The van der Waals surface area contributed by atoms with Crippen molar-refractivity contribution in [2.24, 2.45) is 24.2 Å². The second-order valence-electron chi connectivity index (χ2n) is 16.4. The summed E-state index contributed by atoms with van der Waals surface area (Å²) in [5, 5.41) is 14.8. The van der Waals surface area contributed by atoms with Gasteiger partial charge in [-0.1, -0.05) is 12.2 Å². The Morgan fingerprint density at radius 3 is 1.87 bits per heavy atom. The number of fused-ring (bicyclic) bond motifs is 2. The molecule has 0 bridgehead atoms. The largest absolute Gasteiger partial charge is 0.494 e. The highest BCUT2D eigenvalue weighted by Crippen LogP contribution is 2.33. The van der Waals surface area contributed by atoms with Crippen LogP contribution in [-0.2, 0) is 49.2 Å². The van der Waals surface area contributed by atoms with E-state index in [0.29, 0.717) is 88.8 Å². The molecule has 0 saturated heterocycles. The lowest BCUT2D eigenvalue weighted by molar-refractivity contribution is -0.131. The summed E-state index contributed by atoms with van der Waals surface area (Å²) in [6.07, 6.45) is 8.38. The van der Waals surface area contributed by atoms with Crippen LogP contribution in [0, 0.1) is 20.8 Å². The smallest absolute Gasteiger partial charge is 0.276 e. The predicted molar refractivity (Wildman–Crippen MR) is 262 cm³/mol. The van der Waals surface area contributed by atoms with Gasteiger partial charge in [-0.15, -0.1) is 0 Å². The molecule has 7 aromatic rings. The molecule has 0 fully saturated rings. The topological polar surface area (TPSA) is 298 Å².